The summed E-state index contributed by atoms with van der Waals surface area (Å²) in [5, 5.41) is 12.9. The molecule has 2 aliphatic heterocycles. The number of hydrogen-bond acceptors (Lipinski definition) is 7. The Bertz CT molecular complexity index is 963. The van der Waals surface area contributed by atoms with E-state index in [0.29, 0.717) is 44.2 Å². The zero-order chi connectivity index (χ0) is 28.5. The number of fused-ring (bicyclic) bond motifs is 1. The number of rotatable bonds is 10. The van der Waals surface area contributed by atoms with Gasteiger partial charge in [-0.25, -0.2) is 0 Å². The summed E-state index contributed by atoms with van der Waals surface area (Å²) in [6.07, 6.45) is 7.05. The Hall–Kier alpha value is -2.20. The number of ether oxygens (including phenoxy) is 2. The van der Waals surface area contributed by atoms with Crippen LogP contribution in [0.1, 0.15) is 57.9 Å². The minimum Gasteiger partial charge on any atom is -0.488 e. The molecule has 0 unspecified atom stereocenters. The quantitative estimate of drug-likeness (QED) is 0.456. The van der Waals surface area contributed by atoms with Crippen molar-refractivity contribution in [3.63, 3.8) is 0 Å². The second-order valence-electron chi connectivity index (χ2n) is 12.2. The molecule has 1 aromatic carbocycles. The molecule has 9 heteroatoms. The molecule has 40 heavy (non-hydrogen) atoms. The predicted molar refractivity (Wildman–Crippen MR) is 157 cm³/mol. The second-order valence-corrected chi connectivity index (χ2v) is 12.2. The third-order valence-corrected chi connectivity index (χ3v) is 8.75. The number of likely N-dealkylation sites (N-methyl/N-ethyl adjacent to an activating group) is 1. The third-order valence-electron chi connectivity index (χ3n) is 8.75. The van der Waals surface area contributed by atoms with Gasteiger partial charge in [-0.2, -0.15) is 0 Å². The molecule has 9 nitrogen and oxygen atoms in total. The van der Waals surface area contributed by atoms with E-state index < -0.39 is 0 Å². The molecule has 2 fully saturated rings. The Morgan fingerprint density at radius 3 is 2.65 bits per heavy atom. The van der Waals surface area contributed by atoms with E-state index >= 15 is 0 Å². The summed E-state index contributed by atoms with van der Waals surface area (Å²) in [7, 11) is 2.17. The summed E-state index contributed by atoms with van der Waals surface area (Å²) in [6.45, 7) is 10.1. The number of hydrogen-bond donors (Lipinski definition) is 2. The fourth-order valence-electron chi connectivity index (χ4n) is 6.23. The molecular formula is C31H50N4O5. The van der Waals surface area contributed by atoms with E-state index in [9.17, 15) is 14.7 Å². The normalized spacial score (nSPS) is 24.0. The van der Waals surface area contributed by atoms with Gasteiger partial charge in [0.05, 0.1) is 32.3 Å². The first kappa shape index (κ1) is 30.8. The summed E-state index contributed by atoms with van der Waals surface area (Å²) >= 11 is 0. The van der Waals surface area contributed by atoms with Gasteiger partial charge in [0.15, 0.2) is 0 Å². The monoisotopic (exact) mass is 558 g/mol. The Labute approximate surface area is 240 Å². The van der Waals surface area contributed by atoms with E-state index in [2.05, 4.69) is 29.1 Å². The Kier molecular flexibility index (Phi) is 11.6. The number of aliphatic hydroxyl groups excluding tert-OH is 1. The van der Waals surface area contributed by atoms with Crippen LogP contribution in [0.4, 0.5) is 5.69 Å². The van der Waals surface area contributed by atoms with Crippen LogP contribution < -0.4 is 10.1 Å². The van der Waals surface area contributed by atoms with E-state index in [4.69, 9.17) is 9.47 Å². The topological polar surface area (TPSA) is 94.6 Å². The van der Waals surface area contributed by atoms with Gasteiger partial charge < -0.3 is 29.7 Å². The van der Waals surface area contributed by atoms with Gasteiger partial charge in [0, 0.05) is 62.9 Å². The largest absolute Gasteiger partial charge is 0.488 e. The first-order valence-corrected chi connectivity index (χ1v) is 15.3. The van der Waals surface area contributed by atoms with Gasteiger partial charge in [-0.15, -0.1) is 0 Å². The van der Waals surface area contributed by atoms with Crippen molar-refractivity contribution in [2.75, 3.05) is 71.5 Å². The van der Waals surface area contributed by atoms with Gasteiger partial charge >= 0.3 is 0 Å². The van der Waals surface area contributed by atoms with Crippen molar-refractivity contribution in [1.29, 1.82) is 0 Å². The van der Waals surface area contributed by atoms with Crippen molar-refractivity contribution in [3.8, 4) is 5.75 Å². The fraction of sp³-hybridized carbons (Fsp3) is 0.742. The summed E-state index contributed by atoms with van der Waals surface area (Å²) in [6, 6.07) is 5.36. The van der Waals surface area contributed by atoms with Crippen molar-refractivity contribution < 1.29 is 24.2 Å². The van der Waals surface area contributed by atoms with Crippen molar-refractivity contribution in [1.82, 2.24) is 14.7 Å². The number of aliphatic hydroxyl groups is 1. The first-order chi connectivity index (χ1) is 19.3. The highest BCUT2D eigenvalue weighted by Crippen LogP contribution is 2.30. The molecule has 0 aromatic heterocycles. The predicted octanol–water partition coefficient (Wildman–Crippen LogP) is 3.01. The van der Waals surface area contributed by atoms with E-state index in [1.165, 1.54) is 32.1 Å². The maximum absolute atomic E-state index is 13.5. The first-order valence-electron chi connectivity index (χ1n) is 15.3. The minimum atomic E-state index is -0.278. The van der Waals surface area contributed by atoms with E-state index in [1.807, 2.05) is 25.1 Å². The Morgan fingerprint density at radius 1 is 1.18 bits per heavy atom. The lowest BCUT2D eigenvalue weighted by Gasteiger charge is -2.35. The molecule has 224 valence electrons. The summed E-state index contributed by atoms with van der Waals surface area (Å²) in [4.78, 5) is 32.6. The van der Waals surface area contributed by atoms with Crippen LogP contribution in [0.15, 0.2) is 18.2 Å². The molecule has 2 N–H and O–H groups in total. The van der Waals surface area contributed by atoms with Crippen molar-refractivity contribution in [2.24, 2.45) is 11.8 Å². The van der Waals surface area contributed by atoms with Crippen LogP contribution in [-0.4, -0.2) is 110 Å². The molecule has 0 radical (unpaired) electrons. The highest BCUT2D eigenvalue weighted by atomic mass is 16.5. The van der Waals surface area contributed by atoms with Crippen molar-refractivity contribution >= 4 is 17.5 Å². The lowest BCUT2D eigenvalue weighted by atomic mass is 9.89. The van der Waals surface area contributed by atoms with E-state index in [0.717, 1.165) is 37.7 Å². The van der Waals surface area contributed by atoms with Crippen LogP contribution in [0.5, 0.6) is 5.75 Å². The van der Waals surface area contributed by atoms with E-state index in [-0.39, 0.29) is 42.9 Å². The number of carbonyl (C=O) groups excluding carboxylic acids is 2. The highest BCUT2D eigenvalue weighted by Gasteiger charge is 2.31. The van der Waals surface area contributed by atoms with Crippen molar-refractivity contribution in [2.45, 2.75) is 70.9 Å². The molecule has 2 amide bonds. The molecule has 3 aliphatic rings. The maximum atomic E-state index is 13.5. The summed E-state index contributed by atoms with van der Waals surface area (Å²) in [5.41, 5.74) is 1.43. The van der Waals surface area contributed by atoms with Gasteiger partial charge in [-0.3, -0.25) is 14.5 Å². The lowest BCUT2D eigenvalue weighted by Crippen LogP contribution is -2.48. The molecule has 1 aromatic rings. The van der Waals surface area contributed by atoms with Gasteiger partial charge in [0.25, 0.3) is 0 Å². The molecule has 3 atom stereocenters. The Balaban J connectivity index is 1.47. The van der Waals surface area contributed by atoms with Gasteiger partial charge in [0.2, 0.25) is 11.8 Å². The summed E-state index contributed by atoms with van der Waals surface area (Å²) in [5.74, 6) is 1.43. The Morgan fingerprint density at radius 2 is 1.93 bits per heavy atom. The van der Waals surface area contributed by atoms with Crippen LogP contribution >= 0.6 is 0 Å². The smallest absolute Gasteiger partial charge is 0.227 e. The van der Waals surface area contributed by atoms with Crippen LogP contribution in [-0.2, 0) is 20.7 Å². The molecule has 1 saturated carbocycles. The average molecular weight is 559 g/mol. The van der Waals surface area contributed by atoms with Gasteiger partial charge in [0.1, 0.15) is 11.9 Å². The van der Waals surface area contributed by atoms with Gasteiger partial charge in [-0.1, -0.05) is 26.2 Å². The number of nitrogens with one attached hydrogen (secondary N) is 1. The zero-order valence-electron chi connectivity index (χ0n) is 24.8. The molecule has 0 spiro atoms. The number of benzene rings is 1. The minimum absolute atomic E-state index is 0.0368. The van der Waals surface area contributed by atoms with Crippen LogP contribution in [0.3, 0.4) is 0 Å². The van der Waals surface area contributed by atoms with Crippen LogP contribution in [0.2, 0.25) is 0 Å². The van der Waals surface area contributed by atoms with Gasteiger partial charge in [-0.05, 0) is 50.9 Å². The second kappa shape index (κ2) is 15.1. The number of amides is 2. The highest BCUT2D eigenvalue weighted by molar-refractivity contribution is 5.91. The standard InChI is InChI=1S/C31H50N4O5/c1-23-19-35(24(2)22-36)31(38)18-26-17-27(32-30(37)11-12-34-13-15-39-16-14-34)9-10-28(26)40-29(23)21-33(3)20-25-7-5-4-6-8-25/h9-10,17,23-25,29,36H,4-8,11-16,18-22H2,1-3H3,(H,32,37)/t23-,24+,29+/m1/s1. The number of morpholine rings is 1. The van der Waals surface area contributed by atoms with Crippen molar-refractivity contribution in [3.05, 3.63) is 23.8 Å². The van der Waals surface area contributed by atoms with Crippen LogP contribution in [0.25, 0.3) is 0 Å². The number of carbonyl (C=O) groups is 2. The fourth-order valence-corrected chi connectivity index (χ4v) is 6.23. The molecule has 4 rings (SSSR count). The van der Waals surface area contributed by atoms with Crippen LogP contribution in [0, 0.1) is 11.8 Å². The number of anilines is 1. The zero-order valence-corrected chi connectivity index (χ0v) is 24.8. The SMILES string of the molecule is C[C@@H]1CN([C@@H](C)CO)C(=O)Cc2cc(NC(=O)CCN3CCOCC3)ccc2O[C@H]1CN(C)CC1CCCCC1. The molecule has 2 heterocycles. The number of nitrogens with zero attached hydrogens (tertiary/aromatic N) is 3. The molecule has 0 bridgehead atoms. The molecule has 1 saturated heterocycles. The maximum Gasteiger partial charge on any atom is 0.227 e. The molecule has 1 aliphatic carbocycles. The average Bonchev–Trinajstić information content (AvgIpc) is 3.00. The third kappa shape index (κ3) is 8.90. The summed E-state index contributed by atoms with van der Waals surface area (Å²) < 4.78 is 12.1. The molecular weight excluding hydrogens is 508 g/mol. The van der Waals surface area contributed by atoms with E-state index in [1.54, 1.807) is 4.90 Å². The lowest BCUT2D eigenvalue weighted by molar-refractivity contribution is -0.134.